The van der Waals surface area contributed by atoms with Crippen LogP contribution in [-0.2, 0) is 9.53 Å². The topological polar surface area (TPSA) is 67.4 Å². The van der Waals surface area contributed by atoms with Crippen LogP contribution in [-0.4, -0.2) is 24.5 Å². The highest BCUT2D eigenvalue weighted by Gasteiger charge is 2.23. The minimum Gasteiger partial charge on any atom is -0.368 e. The van der Waals surface area contributed by atoms with Crippen LogP contribution >= 0.6 is 11.6 Å². The number of carbonyl (C=O) groups is 2. The number of ether oxygens (including phenoxy) is 1. The molecule has 1 unspecified atom stereocenters. The van der Waals surface area contributed by atoms with Crippen LogP contribution < -0.4 is 10.6 Å². The summed E-state index contributed by atoms with van der Waals surface area (Å²) in [5, 5.41) is 5.46. The summed E-state index contributed by atoms with van der Waals surface area (Å²) >= 11 is 5.91. The molecule has 1 heterocycles. The van der Waals surface area contributed by atoms with Crippen LogP contribution in [0.3, 0.4) is 0 Å². The number of amides is 2. The third-order valence-electron chi connectivity index (χ3n) is 3.79. The Bertz CT molecular complexity index is 807. The molecule has 2 N–H and O–H groups in total. The van der Waals surface area contributed by atoms with Crippen molar-refractivity contribution < 1.29 is 18.7 Å². The van der Waals surface area contributed by atoms with Crippen molar-refractivity contribution in [3.8, 4) is 0 Å². The number of rotatable bonds is 4. The van der Waals surface area contributed by atoms with E-state index in [4.69, 9.17) is 16.3 Å². The molecular formula is C18H16ClFN2O3. The molecule has 0 bridgehead atoms. The van der Waals surface area contributed by atoms with Crippen LogP contribution in [0.5, 0.6) is 0 Å². The maximum absolute atomic E-state index is 13.1. The summed E-state index contributed by atoms with van der Waals surface area (Å²) < 4.78 is 18.4. The Morgan fingerprint density at radius 3 is 2.72 bits per heavy atom. The van der Waals surface area contributed by atoms with Crippen LogP contribution in [0.2, 0.25) is 5.02 Å². The van der Waals surface area contributed by atoms with Crippen molar-refractivity contribution in [2.75, 3.05) is 17.2 Å². The van der Waals surface area contributed by atoms with E-state index in [2.05, 4.69) is 10.6 Å². The lowest BCUT2D eigenvalue weighted by atomic mass is 10.1. The molecule has 1 aliphatic heterocycles. The average Bonchev–Trinajstić information content (AvgIpc) is 3.12. The third kappa shape index (κ3) is 4.35. The summed E-state index contributed by atoms with van der Waals surface area (Å²) in [5.41, 5.74) is 1.14. The number of hydrogen-bond donors (Lipinski definition) is 2. The summed E-state index contributed by atoms with van der Waals surface area (Å²) in [4.78, 5) is 24.4. The lowest BCUT2D eigenvalue weighted by Gasteiger charge is -2.12. The van der Waals surface area contributed by atoms with Gasteiger partial charge in [0.25, 0.3) is 11.8 Å². The SMILES string of the molecule is O=C(Nc1ccc(F)cc1Cl)c1cccc(NC(=O)C2CCCO2)c1. The molecular weight excluding hydrogens is 347 g/mol. The molecule has 130 valence electrons. The van der Waals surface area contributed by atoms with Gasteiger partial charge in [-0.25, -0.2) is 4.39 Å². The Labute approximate surface area is 149 Å². The number of nitrogens with one attached hydrogen (secondary N) is 2. The van der Waals surface area contributed by atoms with Gasteiger partial charge in [-0.05, 0) is 49.2 Å². The molecule has 0 radical (unpaired) electrons. The first-order valence-corrected chi connectivity index (χ1v) is 8.19. The molecule has 1 atom stereocenters. The van der Waals surface area contributed by atoms with Crippen LogP contribution in [0.25, 0.3) is 0 Å². The molecule has 0 saturated carbocycles. The van der Waals surface area contributed by atoms with E-state index in [0.29, 0.717) is 30.0 Å². The normalized spacial score (nSPS) is 16.5. The van der Waals surface area contributed by atoms with E-state index in [-0.39, 0.29) is 10.9 Å². The van der Waals surface area contributed by atoms with Gasteiger partial charge in [0.1, 0.15) is 11.9 Å². The molecule has 25 heavy (non-hydrogen) atoms. The molecule has 1 aliphatic rings. The Morgan fingerprint density at radius 2 is 2.00 bits per heavy atom. The molecule has 1 saturated heterocycles. The molecule has 0 aliphatic carbocycles. The molecule has 1 fully saturated rings. The zero-order valence-corrected chi connectivity index (χ0v) is 14.0. The third-order valence-corrected chi connectivity index (χ3v) is 4.11. The number of anilines is 2. The molecule has 0 spiro atoms. The van der Waals surface area contributed by atoms with Crippen molar-refractivity contribution in [2.24, 2.45) is 0 Å². The van der Waals surface area contributed by atoms with Crippen molar-refractivity contribution in [1.29, 1.82) is 0 Å². The summed E-state index contributed by atoms with van der Waals surface area (Å²) in [5.74, 6) is -1.12. The molecule has 2 aromatic rings. The van der Waals surface area contributed by atoms with E-state index in [1.807, 2.05) is 0 Å². The van der Waals surface area contributed by atoms with Crippen molar-refractivity contribution in [3.05, 3.63) is 58.9 Å². The van der Waals surface area contributed by atoms with Gasteiger partial charge in [-0.15, -0.1) is 0 Å². The predicted octanol–water partition coefficient (Wildman–Crippen LogP) is 3.85. The second-order valence-corrected chi connectivity index (χ2v) is 6.06. The van der Waals surface area contributed by atoms with Gasteiger partial charge in [0.2, 0.25) is 0 Å². The van der Waals surface area contributed by atoms with E-state index < -0.39 is 17.8 Å². The summed E-state index contributed by atoms with van der Waals surface area (Å²) in [7, 11) is 0. The van der Waals surface area contributed by atoms with E-state index in [1.165, 1.54) is 12.1 Å². The number of benzene rings is 2. The zero-order valence-electron chi connectivity index (χ0n) is 13.2. The Kier molecular flexibility index (Phi) is 5.31. The lowest BCUT2D eigenvalue weighted by Crippen LogP contribution is -2.27. The smallest absolute Gasteiger partial charge is 0.255 e. The van der Waals surface area contributed by atoms with Crippen molar-refractivity contribution in [2.45, 2.75) is 18.9 Å². The summed E-state index contributed by atoms with van der Waals surface area (Å²) in [6.45, 7) is 0.582. The van der Waals surface area contributed by atoms with Gasteiger partial charge >= 0.3 is 0 Å². The van der Waals surface area contributed by atoms with Gasteiger partial charge in [-0.3, -0.25) is 9.59 Å². The van der Waals surface area contributed by atoms with Gasteiger partial charge < -0.3 is 15.4 Å². The first kappa shape index (κ1) is 17.4. The first-order valence-electron chi connectivity index (χ1n) is 7.82. The van der Waals surface area contributed by atoms with Crippen molar-refractivity contribution in [3.63, 3.8) is 0 Å². The maximum atomic E-state index is 13.1. The second kappa shape index (κ2) is 7.63. The Hall–Kier alpha value is -2.44. The highest BCUT2D eigenvalue weighted by Crippen LogP contribution is 2.23. The highest BCUT2D eigenvalue weighted by molar-refractivity contribution is 6.33. The van der Waals surface area contributed by atoms with Gasteiger partial charge in [-0.1, -0.05) is 17.7 Å². The number of carbonyl (C=O) groups excluding carboxylic acids is 2. The van der Waals surface area contributed by atoms with E-state index in [9.17, 15) is 14.0 Å². The zero-order chi connectivity index (χ0) is 17.8. The van der Waals surface area contributed by atoms with E-state index in [1.54, 1.807) is 24.3 Å². The average molecular weight is 363 g/mol. The largest absolute Gasteiger partial charge is 0.368 e. The highest BCUT2D eigenvalue weighted by atomic mass is 35.5. The first-order chi connectivity index (χ1) is 12.0. The molecule has 7 heteroatoms. The van der Waals surface area contributed by atoms with Gasteiger partial charge in [0.05, 0.1) is 10.7 Å². The monoisotopic (exact) mass is 362 g/mol. The van der Waals surface area contributed by atoms with Crippen LogP contribution in [0.1, 0.15) is 23.2 Å². The molecule has 5 nitrogen and oxygen atoms in total. The van der Waals surface area contributed by atoms with Crippen LogP contribution in [0, 0.1) is 5.82 Å². The summed E-state index contributed by atoms with van der Waals surface area (Å²) in [6, 6.07) is 10.2. The summed E-state index contributed by atoms with van der Waals surface area (Å²) in [6.07, 6.45) is 1.10. The van der Waals surface area contributed by atoms with Crippen molar-refractivity contribution in [1.82, 2.24) is 0 Å². The fourth-order valence-electron chi connectivity index (χ4n) is 2.53. The van der Waals surface area contributed by atoms with Crippen LogP contribution in [0.15, 0.2) is 42.5 Å². The lowest BCUT2D eigenvalue weighted by molar-refractivity contribution is -0.124. The fraction of sp³-hybridized carbons (Fsp3) is 0.222. The Balaban J connectivity index is 1.69. The fourth-order valence-corrected chi connectivity index (χ4v) is 2.75. The minimum absolute atomic E-state index is 0.108. The standard InChI is InChI=1S/C18H16ClFN2O3/c19-14-10-12(20)6-7-15(14)22-17(23)11-3-1-4-13(9-11)21-18(24)16-5-2-8-25-16/h1,3-4,6-7,9-10,16H,2,5,8H2,(H,21,24)(H,22,23). The quantitative estimate of drug-likeness (QED) is 0.868. The minimum atomic E-state index is -0.484. The molecule has 0 aromatic heterocycles. The van der Waals surface area contributed by atoms with Gasteiger partial charge in [0.15, 0.2) is 0 Å². The van der Waals surface area contributed by atoms with Gasteiger partial charge in [0, 0.05) is 17.9 Å². The second-order valence-electron chi connectivity index (χ2n) is 5.65. The van der Waals surface area contributed by atoms with Crippen LogP contribution in [0.4, 0.5) is 15.8 Å². The van der Waals surface area contributed by atoms with Crippen molar-refractivity contribution >= 4 is 34.8 Å². The van der Waals surface area contributed by atoms with E-state index in [0.717, 1.165) is 12.5 Å². The Morgan fingerprint density at radius 1 is 1.16 bits per heavy atom. The van der Waals surface area contributed by atoms with Gasteiger partial charge in [-0.2, -0.15) is 0 Å². The number of hydrogen-bond acceptors (Lipinski definition) is 3. The molecule has 2 aromatic carbocycles. The molecule has 3 rings (SSSR count). The maximum Gasteiger partial charge on any atom is 0.255 e. The number of halogens is 2. The molecule has 2 amide bonds. The predicted molar refractivity (Wildman–Crippen MR) is 93.4 cm³/mol. The van der Waals surface area contributed by atoms with E-state index >= 15 is 0 Å².